The normalized spacial score (nSPS) is 14.9. The summed E-state index contributed by atoms with van der Waals surface area (Å²) in [4.78, 5) is 15.3. The number of rotatable bonds is 10. The van der Waals surface area contributed by atoms with Crippen LogP contribution in [0.2, 0.25) is 0 Å². The Kier molecular flexibility index (Phi) is 8.27. The number of carbonyl (C=O) groups excluding carboxylic acids is 1. The highest BCUT2D eigenvalue weighted by Crippen LogP contribution is 2.26. The average Bonchev–Trinajstić information content (AvgIpc) is 3.44. The van der Waals surface area contributed by atoms with Crippen LogP contribution in [-0.2, 0) is 30.9 Å². The lowest BCUT2D eigenvalue weighted by Crippen LogP contribution is -2.32. The van der Waals surface area contributed by atoms with Gasteiger partial charge in [0.1, 0.15) is 29.7 Å². The number of aromatic nitrogens is 3. The minimum absolute atomic E-state index is 0.246. The largest absolute Gasteiger partial charge is 0.508 e. The first-order valence-corrected chi connectivity index (χ1v) is 12.3. The fourth-order valence-corrected chi connectivity index (χ4v) is 4.51. The van der Waals surface area contributed by atoms with Crippen molar-refractivity contribution in [3.8, 4) is 11.5 Å². The topological polar surface area (TPSA) is 115 Å². The molecule has 3 heterocycles. The summed E-state index contributed by atoms with van der Waals surface area (Å²) < 4.78 is 18.1. The van der Waals surface area contributed by atoms with Crippen LogP contribution in [0.1, 0.15) is 59.8 Å². The molecule has 10 nitrogen and oxygen atoms in total. The Labute approximate surface area is 211 Å². The number of ether oxygens (including phenoxy) is 2. The summed E-state index contributed by atoms with van der Waals surface area (Å²) in [6.07, 6.45) is 1.44. The van der Waals surface area contributed by atoms with Crippen molar-refractivity contribution in [3.05, 3.63) is 59.1 Å². The Bertz CT molecular complexity index is 1170. The van der Waals surface area contributed by atoms with E-state index in [4.69, 9.17) is 13.9 Å². The molecule has 194 valence electrons. The second-order valence-corrected chi connectivity index (χ2v) is 9.50. The molecule has 2 aromatic heterocycles. The highest BCUT2D eigenvalue weighted by atomic mass is 16.5. The van der Waals surface area contributed by atoms with Crippen LogP contribution in [0.4, 0.5) is 0 Å². The van der Waals surface area contributed by atoms with E-state index in [0.717, 1.165) is 48.9 Å². The van der Waals surface area contributed by atoms with E-state index in [1.807, 2.05) is 6.07 Å². The maximum atomic E-state index is 13.0. The van der Waals surface area contributed by atoms with E-state index in [-0.39, 0.29) is 23.5 Å². The summed E-state index contributed by atoms with van der Waals surface area (Å²) >= 11 is 0. The molecule has 1 aliphatic heterocycles. The predicted octanol–water partition coefficient (Wildman–Crippen LogP) is 3.31. The first-order chi connectivity index (χ1) is 17.4. The van der Waals surface area contributed by atoms with Crippen molar-refractivity contribution in [2.45, 2.75) is 52.4 Å². The summed E-state index contributed by atoms with van der Waals surface area (Å²) in [5, 5.41) is 22.4. The number of aromatic hydroxyl groups is 1. The number of amides is 1. The first-order valence-electron chi connectivity index (χ1n) is 12.3. The number of phenolic OH excluding ortho intramolecular Hbond substituents is 1. The van der Waals surface area contributed by atoms with Gasteiger partial charge in [-0.3, -0.25) is 9.69 Å². The number of benzene rings is 1. The lowest BCUT2D eigenvalue weighted by atomic mass is 10.0. The Morgan fingerprint density at radius 3 is 2.75 bits per heavy atom. The van der Waals surface area contributed by atoms with Crippen LogP contribution >= 0.6 is 0 Å². The van der Waals surface area contributed by atoms with Gasteiger partial charge in [-0.1, -0.05) is 13.8 Å². The molecular formula is C26H35N5O5. The van der Waals surface area contributed by atoms with Gasteiger partial charge in [0.05, 0.1) is 13.2 Å². The summed E-state index contributed by atoms with van der Waals surface area (Å²) in [6.45, 7) is 7.37. The lowest BCUT2D eigenvalue weighted by Gasteiger charge is -2.22. The number of nitrogens with one attached hydrogen (secondary N) is 1. The third kappa shape index (κ3) is 6.06. The van der Waals surface area contributed by atoms with Crippen molar-refractivity contribution >= 4 is 5.91 Å². The summed E-state index contributed by atoms with van der Waals surface area (Å²) in [5.41, 5.74) is 0.823. The highest BCUT2D eigenvalue weighted by Gasteiger charge is 2.27. The van der Waals surface area contributed by atoms with Crippen molar-refractivity contribution < 1.29 is 23.8 Å². The van der Waals surface area contributed by atoms with Crippen molar-refractivity contribution in [1.29, 1.82) is 0 Å². The molecule has 0 bridgehead atoms. The molecule has 0 saturated heterocycles. The third-order valence-electron chi connectivity index (χ3n) is 6.32. The quantitative estimate of drug-likeness (QED) is 0.438. The zero-order chi connectivity index (χ0) is 25.7. The second kappa shape index (κ2) is 11.6. The van der Waals surface area contributed by atoms with Crippen molar-refractivity contribution in [2.75, 3.05) is 27.3 Å². The monoisotopic (exact) mass is 497 g/mol. The van der Waals surface area contributed by atoms with Crippen LogP contribution < -0.4 is 10.1 Å². The van der Waals surface area contributed by atoms with E-state index >= 15 is 0 Å². The molecule has 0 saturated carbocycles. The zero-order valence-corrected chi connectivity index (χ0v) is 21.4. The van der Waals surface area contributed by atoms with Crippen molar-refractivity contribution in [3.63, 3.8) is 0 Å². The van der Waals surface area contributed by atoms with Gasteiger partial charge in [0, 0.05) is 45.3 Å². The Morgan fingerprint density at radius 2 is 2.00 bits per heavy atom. The van der Waals surface area contributed by atoms with Gasteiger partial charge in [0.15, 0.2) is 11.6 Å². The maximum absolute atomic E-state index is 13.0. The average molecular weight is 498 g/mol. The van der Waals surface area contributed by atoms with Gasteiger partial charge in [-0.2, -0.15) is 0 Å². The first kappa shape index (κ1) is 25.7. The van der Waals surface area contributed by atoms with E-state index in [9.17, 15) is 9.90 Å². The van der Waals surface area contributed by atoms with Gasteiger partial charge < -0.3 is 28.9 Å². The standard InChI is InChI=1S/C26H35N5O5/c1-17(2)13-21(27-26(33)23-8-6-20(36-23)16-34-3)25-29-28-24-9-10-30(11-12-31(24)25)15-18-14-19(35-4)5-7-22(18)32/h5-8,14,17,21,32H,9-13,15-16H2,1-4H3,(H,27,33). The molecule has 1 amide bonds. The molecule has 0 fully saturated rings. The predicted molar refractivity (Wildman–Crippen MR) is 133 cm³/mol. The Balaban J connectivity index is 1.48. The van der Waals surface area contributed by atoms with Crippen LogP contribution in [0.3, 0.4) is 0 Å². The molecular weight excluding hydrogens is 462 g/mol. The van der Waals surface area contributed by atoms with E-state index in [1.165, 1.54) is 0 Å². The molecule has 36 heavy (non-hydrogen) atoms. The van der Waals surface area contributed by atoms with Crippen LogP contribution in [-0.4, -0.2) is 58.0 Å². The number of nitrogens with zero attached hydrogens (tertiary/aromatic N) is 4. The van der Waals surface area contributed by atoms with E-state index in [0.29, 0.717) is 31.4 Å². The Hall–Kier alpha value is -3.37. The second-order valence-electron chi connectivity index (χ2n) is 9.50. The number of methoxy groups -OCH3 is 2. The molecule has 4 rings (SSSR count). The number of carbonyl (C=O) groups is 1. The van der Waals surface area contributed by atoms with E-state index in [2.05, 4.69) is 38.8 Å². The molecule has 1 aliphatic rings. The lowest BCUT2D eigenvalue weighted by molar-refractivity contribution is 0.0892. The van der Waals surface area contributed by atoms with E-state index < -0.39 is 0 Å². The molecule has 0 spiro atoms. The van der Waals surface area contributed by atoms with Crippen molar-refractivity contribution in [2.24, 2.45) is 5.92 Å². The SMILES string of the molecule is COCc1ccc(C(=O)NC(CC(C)C)c2nnc3n2CCN(Cc2cc(OC)ccc2O)CC3)o1. The van der Waals surface area contributed by atoms with Gasteiger partial charge in [-0.05, 0) is 42.7 Å². The molecule has 1 aromatic carbocycles. The zero-order valence-electron chi connectivity index (χ0n) is 21.4. The number of fused-ring (bicyclic) bond motifs is 1. The van der Waals surface area contributed by atoms with Gasteiger partial charge in [0.2, 0.25) is 0 Å². The smallest absolute Gasteiger partial charge is 0.287 e. The summed E-state index contributed by atoms with van der Waals surface area (Å²) in [5.74, 6) is 3.51. The van der Waals surface area contributed by atoms with Gasteiger partial charge in [-0.25, -0.2) is 0 Å². The van der Waals surface area contributed by atoms with Crippen LogP contribution in [0.5, 0.6) is 11.5 Å². The van der Waals surface area contributed by atoms with Gasteiger partial charge in [-0.15, -0.1) is 10.2 Å². The van der Waals surface area contributed by atoms with Crippen molar-refractivity contribution in [1.82, 2.24) is 25.0 Å². The molecule has 0 aliphatic carbocycles. The van der Waals surface area contributed by atoms with Crippen LogP contribution in [0.15, 0.2) is 34.7 Å². The molecule has 1 unspecified atom stereocenters. The molecule has 1 atom stereocenters. The number of hydrogen-bond acceptors (Lipinski definition) is 8. The van der Waals surface area contributed by atoms with Crippen LogP contribution in [0.25, 0.3) is 0 Å². The summed E-state index contributed by atoms with van der Waals surface area (Å²) in [7, 11) is 3.20. The number of furan rings is 1. The fraction of sp³-hybridized carbons (Fsp3) is 0.500. The molecule has 2 N–H and O–H groups in total. The molecule has 10 heteroatoms. The Morgan fingerprint density at radius 1 is 1.17 bits per heavy atom. The maximum Gasteiger partial charge on any atom is 0.287 e. The minimum atomic E-state index is -0.302. The number of hydrogen-bond donors (Lipinski definition) is 2. The highest BCUT2D eigenvalue weighted by molar-refractivity contribution is 5.91. The number of phenols is 1. The summed E-state index contributed by atoms with van der Waals surface area (Å²) in [6, 6.07) is 8.38. The third-order valence-corrected chi connectivity index (χ3v) is 6.32. The fourth-order valence-electron chi connectivity index (χ4n) is 4.51. The van der Waals surface area contributed by atoms with Gasteiger partial charge in [0.25, 0.3) is 5.91 Å². The van der Waals surface area contributed by atoms with E-state index in [1.54, 1.807) is 38.5 Å². The minimum Gasteiger partial charge on any atom is -0.508 e. The van der Waals surface area contributed by atoms with Crippen LogP contribution in [0, 0.1) is 5.92 Å². The van der Waals surface area contributed by atoms with Gasteiger partial charge >= 0.3 is 0 Å². The molecule has 0 radical (unpaired) electrons. The molecule has 3 aromatic rings.